The molecule has 4 unspecified atom stereocenters. The molecule has 0 aliphatic carbocycles. The molecule has 19 nitrogen and oxygen atoms in total. The number of carbonyl (C=O) groups is 6. The summed E-state index contributed by atoms with van der Waals surface area (Å²) in [5, 5.41) is 70.2. The maximum Gasteiger partial charge on any atom is 0.253 e. The van der Waals surface area contributed by atoms with Crippen LogP contribution < -0.4 is 31.5 Å². The number of methoxy groups -OCH3 is 1. The number of nitrogens with one attached hydrogen (secondary N) is 5. The number of aliphatic hydroxyl groups excluding tert-OH is 6. The lowest BCUT2D eigenvalue weighted by atomic mass is 9.99. The van der Waals surface area contributed by atoms with Gasteiger partial charge in [0.25, 0.3) is 23.6 Å². The van der Waals surface area contributed by atoms with Gasteiger partial charge in [0.2, 0.25) is 5.91 Å². The van der Waals surface area contributed by atoms with Crippen LogP contribution in [-0.4, -0.2) is 158 Å². The number of ketones is 1. The Hall–Kier alpha value is -0.480. The number of carbonyl (C=O) groups excluding carboxylic acids is 6. The fourth-order valence-electron chi connectivity index (χ4n) is 4.75. The zero-order chi connectivity index (χ0) is 43.5. The largest absolute Gasteiger partial charge is 0.394 e. The van der Waals surface area contributed by atoms with Crippen molar-refractivity contribution in [2.45, 2.75) is 24.4 Å². The first-order valence-corrected chi connectivity index (χ1v) is 22.6. The molecule has 25 heteroatoms. The van der Waals surface area contributed by atoms with Gasteiger partial charge in [-0.3, -0.25) is 28.8 Å². The van der Waals surface area contributed by atoms with E-state index in [1.54, 1.807) is 45.2 Å². The van der Waals surface area contributed by atoms with Crippen molar-refractivity contribution in [1.29, 1.82) is 0 Å². The summed E-state index contributed by atoms with van der Waals surface area (Å²) in [7, 11) is 3.95. The average molecular weight is 1480 g/mol. The Labute approximate surface area is 408 Å². The Kier molecular flexibility index (Phi) is 22.9. The molecular formula is C32H38I6N6O13. The molecular weight excluding hydrogens is 1440 g/mol. The van der Waals surface area contributed by atoms with E-state index in [1.807, 2.05) is 90.4 Å². The van der Waals surface area contributed by atoms with Crippen LogP contribution in [0.15, 0.2) is 0 Å². The first kappa shape index (κ1) is 52.7. The van der Waals surface area contributed by atoms with E-state index < -0.39 is 79.5 Å². The molecule has 0 fully saturated rings. The molecule has 57 heavy (non-hydrogen) atoms. The molecule has 2 aromatic rings. The Morgan fingerprint density at radius 2 is 1.00 bits per heavy atom. The van der Waals surface area contributed by atoms with Gasteiger partial charge >= 0.3 is 0 Å². The maximum absolute atomic E-state index is 14.6. The summed E-state index contributed by atoms with van der Waals surface area (Å²) >= 11 is 10.8. The van der Waals surface area contributed by atoms with Gasteiger partial charge in [0.15, 0.2) is 11.8 Å². The number of aliphatic hydroxyl groups is 6. The Bertz CT molecular complexity index is 1820. The van der Waals surface area contributed by atoms with E-state index in [-0.39, 0.29) is 81.3 Å². The van der Waals surface area contributed by atoms with Crippen LogP contribution in [0.5, 0.6) is 0 Å². The predicted octanol–water partition coefficient (Wildman–Crippen LogP) is -0.418. The number of likely N-dealkylation sites (N-methyl/N-ethyl adjacent to an activating group) is 2. The number of amides is 5. The highest BCUT2D eigenvalue weighted by atomic mass is 127. The summed E-state index contributed by atoms with van der Waals surface area (Å²) in [6.07, 6.45) is -3.90. The lowest BCUT2D eigenvalue weighted by Gasteiger charge is -2.28. The predicted molar refractivity (Wildman–Crippen MR) is 257 cm³/mol. The van der Waals surface area contributed by atoms with Crippen molar-refractivity contribution < 1.29 is 64.1 Å². The van der Waals surface area contributed by atoms with Gasteiger partial charge in [-0.15, -0.1) is 0 Å². The van der Waals surface area contributed by atoms with Crippen LogP contribution in [0, 0.1) is 21.4 Å². The number of ether oxygens (including phenoxy) is 1. The highest BCUT2D eigenvalue weighted by Crippen LogP contribution is 2.39. The zero-order valence-electron chi connectivity index (χ0n) is 30.0. The van der Waals surface area contributed by atoms with Crippen molar-refractivity contribution in [2.75, 3.05) is 77.5 Å². The average Bonchev–Trinajstić information content (AvgIpc) is 3.16. The van der Waals surface area contributed by atoms with Gasteiger partial charge in [-0.05, 0) is 143 Å². The highest BCUT2D eigenvalue weighted by molar-refractivity contribution is 14.1. The summed E-state index contributed by atoms with van der Waals surface area (Å²) in [5.74, 6) is -4.64. The third-order valence-electron chi connectivity index (χ3n) is 7.67. The monoisotopic (exact) mass is 1480 g/mol. The standard InChI is InChI=1S/C32H38I6N6O13/c1-39-26(28(52)15-19(33)16(29(53)40-4-11(48)7-45)22(36)25(21(15)35)43-14(51)10-57-3)32(56)44(2)27-23(37)17(30(54)41-5-12(49)8-46)20(34)18(24(27)38)31(55)42-6-13(50)9-47/h11-13,26,39,45-50H,4-10H2,1-3H3,(H,40,53)(H,41,54)(H,42,55)(H,43,51). The molecule has 2 rings (SSSR count). The number of hydrogen-bond donors (Lipinski definition) is 11. The normalized spacial score (nSPS) is 13.2. The first-order valence-electron chi connectivity index (χ1n) is 16.2. The Morgan fingerprint density at radius 3 is 1.37 bits per heavy atom. The summed E-state index contributed by atoms with van der Waals surface area (Å²) < 4.78 is 5.86. The molecule has 0 saturated heterocycles. The Morgan fingerprint density at radius 1 is 0.632 bits per heavy atom. The van der Waals surface area contributed by atoms with Gasteiger partial charge < -0.3 is 66.9 Å². The summed E-state index contributed by atoms with van der Waals surface area (Å²) in [5.41, 5.74) is -0.281. The maximum atomic E-state index is 14.6. The van der Waals surface area contributed by atoms with Crippen LogP contribution in [0.3, 0.4) is 0 Å². The van der Waals surface area contributed by atoms with E-state index in [0.29, 0.717) is 0 Å². The second-order valence-corrected chi connectivity index (χ2v) is 18.2. The molecule has 0 spiro atoms. The minimum atomic E-state index is -1.67. The minimum Gasteiger partial charge on any atom is -0.394 e. The van der Waals surface area contributed by atoms with Crippen LogP contribution in [0.2, 0.25) is 0 Å². The summed E-state index contributed by atoms with van der Waals surface area (Å²) in [6.45, 7) is -3.38. The molecule has 11 N–H and O–H groups in total. The number of nitrogens with zero attached hydrogens (tertiary/aromatic N) is 1. The lowest BCUT2D eigenvalue weighted by Crippen LogP contribution is -2.50. The lowest BCUT2D eigenvalue weighted by molar-refractivity contribution is -0.120. The van der Waals surface area contributed by atoms with Crippen LogP contribution in [0.1, 0.15) is 41.4 Å². The number of hydrogen-bond acceptors (Lipinski definition) is 14. The van der Waals surface area contributed by atoms with Gasteiger partial charge in [0, 0.05) is 50.1 Å². The van der Waals surface area contributed by atoms with Crippen molar-refractivity contribution in [3.05, 3.63) is 43.7 Å². The molecule has 4 atom stereocenters. The van der Waals surface area contributed by atoms with Gasteiger partial charge in [0.05, 0.1) is 76.9 Å². The smallest absolute Gasteiger partial charge is 0.253 e. The quantitative estimate of drug-likeness (QED) is 0.0457. The van der Waals surface area contributed by atoms with Crippen LogP contribution in [0.25, 0.3) is 0 Å². The molecule has 0 radical (unpaired) electrons. The van der Waals surface area contributed by atoms with Gasteiger partial charge in [-0.2, -0.15) is 0 Å². The van der Waals surface area contributed by atoms with Gasteiger partial charge in [-0.1, -0.05) is 0 Å². The number of halogens is 6. The Balaban J connectivity index is 2.86. The first-order chi connectivity index (χ1) is 26.7. The van der Waals surface area contributed by atoms with E-state index in [1.165, 1.54) is 21.2 Å². The molecule has 0 aromatic heterocycles. The summed E-state index contributed by atoms with van der Waals surface area (Å²) in [6, 6.07) is -1.67. The third kappa shape index (κ3) is 13.3. The molecule has 2 aromatic carbocycles. The van der Waals surface area contributed by atoms with E-state index in [9.17, 15) is 59.4 Å². The minimum absolute atomic E-state index is 0.0254. The van der Waals surface area contributed by atoms with Gasteiger partial charge in [0.1, 0.15) is 6.61 Å². The van der Waals surface area contributed by atoms with E-state index in [2.05, 4.69) is 26.6 Å². The van der Waals surface area contributed by atoms with Crippen molar-refractivity contribution in [3.8, 4) is 0 Å². The fourth-order valence-corrected chi connectivity index (χ4v) is 14.1. The zero-order valence-corrected chi connectivity index (χ0v) is 43.0. The van der Waals surface area contributed by atoms with Crippen LogP contribution in [0.4, 0.5) is 11.4 Å². The van der Waals surface area contributed by atoms with E-state index in [4.69, 9.17) is 4.74 Å². The third-order valence-corrected chi connectivity index (χ3v) is 14.1. The van der Waals surface area contributed by atoms with Crippen molar-refractivity contribution >= 4 is 182 Å². The van der Waals surface area contributed by atoms with Crippen molar-refractivity contribution in [1.82, 2.24) is 21.3 Å². The molecule has 0 aliphatic heterocycles. The number of rotatable bonds is 20. The number of anilines is 2. The molecule has 0 heterocycles. The number of benzene rings is 2. The molecule has 0 saturated carbocycles. The fraction of sp³-hybridized carbons (Fsp3) is 0.438. The molecule has 5 amide bonds. The van der Waals surface area contributed by atoms with Crippen molar-refractivity contribution in [2.24, 2.45) is 0 Å². The van der Waals surface area contributed by atoms with Gasteiger partial charge in [-0.25, -0.2) is 0 Å². The highest BCUT2D eigenvalue weighted by Gasteiger charge is 2.38. The number of Topliss-reactive ketones (excluding diaryl/α,β-unsaturated/α-hetero) is 1. The topological polar surface area (TPSA) is 296 Å². The molecule has 0 bridgehead atoms. The van der Waals surface area contributed by atoms with Crippen molar-refractivity contribution in [3.63, 3.8) is 0 Å². The van der Waals surface area contributed by atoms with Crippen LogP contribution in [-0.2, 0) is 14.3 Å². The molecule has 316 valence electrons. The van der Waals surface area contributed by atoms with E-state index >= 15 is 0 Å². The van der Waals surface area contributed by atoms with E-state index in [0.717, 1.165) is 4.90 Å². The summed E-state index contributed by atoms with van der Waals surface area (Å²) in [4.78, 5) is 83.6. The second kappa shape index (κ2) is 24.8. The second-order valence-electron chi connectivity index (χ2n) is 11.7. The van der Waals surface area contributed by atoms with Crippen LogP contribution >= 0.6 is 136 Å². The SMILES string of the molecule is CNC(C(=O)c1c(I)c(NC(=O)COC)c(I)c(C(=O)NCC(O)CO)c1I)C(=O)N(C)c1c(I)c(C(=O)NCC(O)CO)c(I)c(C(=O)NCC(O)CO)c1I. The molecule has 0 aliphatic rings.